The largest absolute Gasteiger partial charge is 0.491 e. The van der Waals surface area contributed by atoms with E-state index < -0.39 is 5.69 Å². The zero-order chi connectivity index (χ0) is 17.9. The number of rotatable bonds is 5. The molecule has 3 aromatic rings. The Morgan fingerprint density at radius 3 is 2.69 bits per heavy atom. The number of hydrogen-bond donors (Lipinski definition) is 1. The highest BCUT2D eigenvalue weighted by Gasteiger charge is 2.16. The summed E-state index contributed by atoms with van der Waals surface area (Å²) in [4.78, 5) is 27.6. The second-order valence-corrected chi connectivity index (χ2v) is 6.46. The molecule has 1 N–H and O–H groups in total. The number of ether oxygens (including phenoxy) is 2. The van der Waals surface area contributed by atoms with Crippen LogP contribution in [0.4, 0.5) is 0 Å². The van der Waals surface area contributed by atoms with E-state index in [2.05, 4.69) is 4.98 Å². The topological polar surface area (TPSA) is 73.3 Å². The molecule has 0 radical (unpaired) electrons. The minimum atomic E-state index is -0.410. The summed E-state index contributed by atoms with van der Waals surface area (Å²) in [5, 5.41) is 0.503. The van der Waals surface area contributed by atoms with Crippen LogP contribution in [-0.2, 0) is 11.3 Å². The van der Waals surface area contributed by atoms with Gasteiger partial charge in [0.15, 0.2) is 0 Å². The smallest absolute Gasteiger partial charge is 0.329 e. The fraction of sp³-hybridized carbons (Fsp3) is 0.300. The van der Waals surface area contributed by atoms with E-state index in [4.69, 9.17) is 9.47 Å². The van der Waals surface area contributed by atoms with E-state index in [0.717, 1.165) is 30.8 Å². The molecule has 1 aliphatic rings. The summed E-state index contributed by atoms with van der Waals surface area (Å²) < 4.78 is 12.5. The first kappa shape index (κ1) is 16.6. The van der Waals surface area contributed by atoms with Crippen molar-refractivity contribution in [1.82, 2.24) is 9.55 Å². The van der Waals surface area contributed by atoms with Crippen molar-refractivity contribution < 1.29 is 9.47 Å². The Hall–Kier alpha value is -2.86. The Balaban J connectivity index is 1.51. The molecule has 0 saturated carbocycles. The minimum Gasteiger partial charge on any atom is -0.491 e. The lowest BCUT2D eigenvalue weighted by Gasteiger charge is -2.12. The van der Waals surface area contributed by atoms with Gasteiger partial charge in [-0.1, -0.05) is 24.3 Å². The van der Waals surface area contributed by atoms with Crippen molar-refractivity contribution in [3.05, 3.63) is 74.9 Å². The van der Waals surface area contributed by atoms with Gasteiger partial charge >= 0.3 is 5.69 Å². The van der Waals surface area contributed by atoms with Gasteiger partial charge in [0.2, 0.25) is 0 Å². The molecule has 0 bridgehead atoms. The highest BCUT2D eigenvalue weighted by atomic mass is 16.5. The van der Waals surface area contributed by atoms with E-state index in [1.54, 1.807) is 24.3 Å². The summed E-state index contributed by atoms with van der Waals surface area (Å²) in [6, 6.07) is 14.5. The van der Waals surface area contributed by atoms with Crippen LogP contribution in [0.1, 0.15) is 18.4 Å². The van der Waals surface area contributed by atoms with Gasteiger partial charge in [-0.2, -0.15) is 0 Å². The maximum atomic E-state index is 12.6. The van der Waals surface area contributed by atoms with Crippen molar-refractivity contribution in [2.75, 3.05) is 13.2 Å². The fourth-order valence-electron chi connectivity index (χ4n) is 3.18. The van der Waals surface area contributed by atoms with Crippen molar-refractivity contribution >= 4 is 10.9 Å². The molecule has 6 heteroatoms. The first-order valence-electron chi connectivity index (χ1n) is 8.76. The van der Waals surface area contributed by atoms with Crippen molar-refractivity contribution in [3.63, 3.8) is 0 Å². The van der Waals surface area contributed by atoms with Gasteiger partial charge in [-0.05, 0) is 42.7 Å². The van der Waals surface area contributed by atoms with Gasteiger partial charge in [0.1, 0.15) is 12.4 Å². The third-order valence-electron chi connectivity index (χ3n) is 4.61. The highest BCUT2D eigenvalue weighted by Crippen LogP contribution is 2.17. The number of hydrogen-bond acceptors (Lipinski definition) is 4. The molecule has 2 heterocycles. The highest BCUT2D eigenvalue weighted by molar-refractivity contribution is 5.76. The molecule has 4 rings (SSSR count). The first-order valence-corrected chi connectivity index (χ1v) is 8.76. The Bertz CT molecular complexity index is 1010. The Labute approximate surface area is 150 Å². The molecule has 1 saturated heterocycles. The second kappa shape index (κ2) is 7.17. The van der Waals surface area contributed by atoms with Gasteiger partial charge in [0.05, 0.1) is 23.6 Å². The van der Waals surface area contributed by atoms with Crippen LogP contribution in [-0.4, -0.2) is 28.9 Å². The van der Waals surface area contributed by atoms with Crippen LogP contribution in [0, 0.1) is 0 Å². The monoisotopic (exact) mass is 352 g/mol. The van der Waals surface area contributed by atoms with E-state index in [1.807, 2.05) is 24.3 Å². The normalized spacial score (nSPS) is 16.8. The fourth-order valence-corrected chi connectivity index (χ4v) is 3.18. The van der Waals surface area contributed by atoms with Crippen LogP contribution in [0.25, 0.3) is 10.9 Å². The molecule has 0 amide bonds. The standard InChI is InChI=1S/C20H20N2O4/c23-19-17-5-1-2-6-18(17)21-20(24)22(19)12-14-7-9-15(10-8-14)26-13-16-4-3-11-25-16/h1-2,5-10,16H,3-4,11-13H2,(H,21,24)/t16-/m0/s1. The molecule has 2 aromatic carbocycles. The average Bonchev–Trinajstić information content (AvgIpc) is 3.18. The maximum absolute atomic E-state index is 12.6. The number of benzene rings is 2. The molecule has 0 spiro atoms. The zero-order valence-corrected chi connectivity index (χ0v) is 14.3. The van der Waals surface area contributed by atoms with Crippen LogP contribution in [0.3, 0.4) is 0 Å². The molecule has 0 unspecified atom stereocenters. The number of H-pyrrole nitrogens is 1. The second-order valence-electron chi connectivity index (χ2n) is 6.46. The lowest BCUT2D eigenvalue weighted by Crippen LogP contribution is -2.35. The quantitative estimate of drug-likeness (QED) is 0.765. The van der Waals surface area contributed by atoms with E-state index in [-0.39, 0.29) is 18.2 Å². The van der Waals surface area contributed by atoms with E-state index in [0.29, 0.717) is 17.5 Å². The van der Waals surface area contributed by atoms with Crippen LogP contribution in [0.15, 0.2) is 58.1 Å². The summed E-state index contributed by atoms with van der Waals surface area (Å²) in [5.41, 5.74) is 0.712. The van der Waals surface area contributed by atoms with Crippen molar-refractivity contribution in [1.29, 1.82) is 0 Å². The Kier molecular flexibility index (Phi) is 4.58. The van der Waals surface area contributed by atoms with Gasteiger partial charge in [-0.3, -0.25) is 9.36 Å². The van der Waals surface area contributed by atoms with Crippen molar-refractivity contribution in [2.24, 2.45) is 0 Å². The average molecular weight is 352 g/mol. The van der Waals surface area contributed by atoms with Gasteiger partial charge in [-0.15, -0.1) is 0 Å². The summed E-state index contributed by atoms with van der Waals surface area (Å²) in [6.45, 7) is 1.57. The number of nitrogens with zero attached hydrogens (tertiary/aromatic N) is 1. The van der Waals surface area contributed by atoms with E-state index in [1.165, 1.54) is 4.57 Å². The number of para-hydroxylation sites is 1. The van der Waals surface area contributed by atoms with E-state index >= 15 is 0 Å². The molecular formula is C20H20N2O4. The predicted molar refractivity (Wildman–Crippen MR) is 98.8 cm³/mol. The SMILES string of the molecule is O=c1[nH]c2ccccc2c(=O)n1Cc1ccc(OC[C@@H]2CCCO2)cc1. The number of fused-ring (bicyclic) bond motifs is 1. The Morgan fingerprint density at radius 2 is 1.92 bits per heavy atom. The van der Waals surface area contributed by atoms with Crippen LogP contribution in [0.2, 0.25) is 0 Å². The van der Waals surface area contributed by atoms with E-state index in [9.17, 15) is 9.59 Å². The zero-order valence-electron chi connectivity index (χ0n) is 14.3. The molecule has 1 aromatic heterocycles. The lowest BCUT2D eigenvalue weighted by molar-refractivity contribution is 0.0679. The summed E-state index contributed by atoms with van der Waals surface area (Å²) in [5.74, 6) is 0.754. The molecule has 1 aliphatic heterocycles. The van der Waals surface area contributed by atoms with Crippen molar-refractivity contribution in [2.45, 2.75) is 25.5 Å². The molecule has 26 heavy (non-hydrogen) atoms. The molecule has 0 aliphatic carbocycles. The van der Waals surface area contributed by atoms with Crippen LogP contribution < -0.4 is 16.0 Å². The van der Waals surface area contributed by atoms with Crippen LogP contribution in [0.5, 0.6) is 5.75 Å². The predicted octanol–water partition coefficient (Wildman–Crippen LogP) is 2.30. The maximum Gasteiger partial charge on any atom is 0.329 e. The third-order valence-corrected chi connectivity index (χ3v) is 4.61. The van der Waals surface area contributed by atoms with Gasteiger partial charge < -0.3 is 14.5 Å². The third kappa shape index (κ3) is 3.41. The lowest BCUT2D eigenvalue weighted by atomic mass is 10.2. The number of aromatic amines is 1. The number of aromatic nitrogens is 2. The Morgan fingerprint density at radius 1 is 1.12 bits per heavy atom. The first-order chi connectivity index (χ1) is 12.7. The van der Waals surface area contributed by atoms with Gasteiger partial charge in [0, 0.05) is 6.61 Å². The van der Waals surface area contributed by atoms with Crippen LogP contribution >= 0.6 is 0 Å². The summed E-state index contributed by atoms with van der Waals surface area (Å²) in [6.07, 6.45) is 2.29. The molecule has 1 atom stereocenters. The van der Waals surface area contributed by atoms with Gasteiger partial charge in [-0.25, -0.2) is 4.79 Å². The summed E-state index contributed by atoms with van der Waals surface area (Å²) in [7, 11) is 0. The molecule has 134 valence electrons. The number of nitrogens with one attached hydrogen (secondary N) is 1. The molecule has 1 fully saturated rings. The molecular weight excluding hydrogens is 332 g/mol. The minimum absolute atomic E-state index is 0.171. The molecule has 6 nitrogen and oxygen atoms in total. The summed E-state index contributed by atoms with van der Waals surface area (Å²) >= 11 is 0. The van der Waals surface area contributed by atoms with Gasteiger partial charge in [0.25, 0.3) is 5.56 Å². The van der Waals surface area contributed by atoms with Crippen molar-refractivity contribution in [3.8, 4) is 5.75 Å².